The van der Waals surface area contributed by atoms with Crippen molar-refractivity contribution >= 4 is 42.3 Å². The van der Waals surface area contributed by atoms with Crippen LogP contribution in [0, 0.1) is 18.3 Å². The Kier molecular flexibility index (Phi) is 12.9. The van der Waals surface area contributed by atoms with Gasteiger partial charge in [0.2, 0.25) is 5.91 Å². The maximum absolute atomic E-state index is 13.1. The van der Waals surface area contributed by atoms with Crippen molar-refractivity contribution in [3.8, 4) is 6.07 Å². The molecular weight excluding hydrogens is 499 g/mol. The Morgan fingerprint density at radius 3 is 2.22 bits per heavy atom. The Hall–Kier alpha value is -2.67. The number of aryl methyl sites for hydroxylation is 1. The number of fused-ring (bicyclic) bond motifs is 1. The highest BCUT2D eigenvalue weighted by molar-refractivity contribution is 5.96. The summed E-state index contributed by atoms with van der Waals surface area (Å²) in [7, 11) is 1.77. The summed E-state index contributed by atoms with van der Waals surface area (Å²) in [4.78, 5) is 27.6. The number of carbonyl (C=O) groups excluding carboxylic acids is 2. The zero-order valence-electron chi connectivity index (χ0n) is 21.3. The quantitative estimate of drug-likeness (QED) is 0.486. The van der Waals surface area contributed by atoms with Crippen LogP contribution in [0.1, 0.15) is 36.1 Å². The van der Waals surface area contributed by atoms with Crippen LogP contribution in [0.4, 0.5) is 5.69 Å². The number of benzene rings is 2. The molecule has 0 aromatic heterocycles. The highest BCUT2D eigenvalue weighted by Crippen LogP contribution is 2.23. The van der Waals surface area contributed by atoms with Gasteiger partial charge in [0.1, 0.15) is 0 Å². The number of hydrogen-bond acceptors (Lipinski definition) is 6. The van der Waals surface area contributed by atoms with Gasteiger partial charge in [0.15, 0.2) is 0 Å². The lowest BCUT2D eigenvalue weighted by molar-refractivity contribution is -0.145. The lowest BCUT2D eigenvalue weighted by Gasteiger charge is -2.28. The number of hydrogen-bond donors (Lipinski definition) is 2. The lowest BCUT2D eigenvalue weighted by atomic mass is 10.1. The molecule has 196 valence electrons. The van der Waals surface area contributed by atoms with Crippen LogP contribution >= 0.6 is 24.8 Å². The Balaban J connectivity index is 0.00000324. The first-order valence-electron chi connectivity index (χ1n) is 11.6. The minimum atomic E-state index is -0.123. The largest absolute Gasteiger partial charge is 0.313 e. The Labute approximate surface area is 226 Å². The van der Waals surface area contributed by atoms with E-state index in [9.17, 15) is 9.59 Å². The molecule has 3 rings (SSSR count). The minimum absolute atomic E-state index is 0. The van der Waals surface area contributed by atoms with Crippen LogP contribution in [0.5, 0.6) is 0 Å². The summed E-state index contributed by atoms with van der Waals surface area (Å²) in [6.45, 7) is 8.65. The van der Waals surface area contributed by atoms with E-state index < -0.39 is 0 Å². The molecule has 1 aliphatic rings. The molecule has 0 saturated heterocycles. The third kappa shape index (κ3) is 8.19. The van der Waals surface area contributed by atoms with Crippen LogP contribution in [0.2, 0.25) is 0 Å². The molecule has 0 unspecified atom stereocenters. The second-order valence-electron chi connectivity index (χ2n) is 8.88. The fourth-order valence-corrected chi connectivity index (χ4v) is 4.04. The van der Waals surface area contributed by atoms with E-state index in [0.29, 0.717) is 37.8 Å². The van der Waals surface area contributed by atoms with Gasteiger partial charge in [-0.25, -0.2) is 5.01 Å². The number of anilines is 1. The highest BCUT2D eigenvalue weighted by Gasteiger charge is 2.25. The van der Waals surface area contributed by atoms with E-state index in [1.165, 1.54) is 11.1 Å². The molecule has 2 amide bonds. The van der Waals surface area contributed by atoms with Gasteiger partial charge in [0, 0.05) is 45.0 Å². The van der Waals surface area contributed by atoms with Gasteiger partial charge in [-0.1, -0.05) is 38.1 Å². The van der Waals surface area contributed by atoms with Crippen molar-refractivity contribution in [3.05, 3.63) is 64.7 Å². The number of carbonyl (C=O) groups is 2. The molecule has 8 nitrogen and oxygen atoms in total. The molecule has 2 aromatic carbocycles. The SMILES string of the molecule is Cc1cc(C#N)ccc1N(CCNC(C)C)C(=O)CNCC(=O)N(C)N1Cc2ccccc2C1.Cl.Cl. The fourth-order valence-electron chi connectivity index (χ4n) is 4.04. The first-order chi connectivity index (χ1) is 16.3. The van der Waals surface area contributed by atoms with Crippen molar-refractivity contribution in [1.29, 1.82) is 5.26 Å². The Bertz CT molecular complexity index is 1050. The molecule has 36 heavy (non-hydrogen) atoms. The highest BCUT2D eigenvalue weighted by atomic mass is 35.5. The maximum Gasteiger partial charge on any atom is 0.250 e. The molecule has 1 heterocycles. The number of hydrazine groups is 1. The molecule has 0 radical (unpaired) electrons. The normalized spacial score (nSPS) is 12.2. The lowest BCUT2D eigenvalue weighted by Crippen LogP contribution is -2.47. The van der Waals surface area contributed by atoms with Crippen molar-refractivity contribution in [3.63, 3.8) is 0 Å². The van der Waals surface area contributed by atoms with E-state index in [1.54, 1.807) is 29.1 Å². The number of nitriles is 1. The van der Waals surface area contributed by atoms with Crippen molar-refractivity contribution in [1.82, 2.24) is 20.7 Å². The molecule has 1 aliphatic heterocycles. The van der Waals surface area contributed by atoms with E-state index in [4.69, 9.17) is 5.26 Å². The minimum Gasteiger partial charge on any atom is -0.313 e. The van der Waals surface area contributed by atoms with Crippen molar-refractivity contribution in [2.45, 2.75) is 39.9 Å². The topological polar surface area (TPSA) is 91.7 Å². The first kappa shape index (κ1) is 31.4. The summed E-state index contributed by atoms with van der Waals surface area (Å²) in [6, 6.07) is 15.9. The van der Waals surface area contributed by atoms with Crippen LogP contribution in [0.3, 0.4) is 0 Å². The van der Waals surface area contributed by atoms with Crippen molar-refractivity contribution in [2.24, 2.45) is 0 Å². The third-order valence-electron chi connectivity index (χ3n) is 5.97. The van der Waals surface area contributed by atoms with Gasteiger partial charge in [0.25, 0.3) is 5.91 Å². The van der Waals surface area contributed by atoms with Crippen LogP contribution < -0.4 is 15.5 Å². The average Bonchev–Trinajstić information content (AvgIpc) is 3.25. The van der Waals surface area contributed by atoms with Crippen molar-refractivity contribution in [2.75, 3.05) is 38.1 Å². The van der Waals surface area contributed by atoms with Gasteiger partial charge in [-0.2, -0.15) is 5.26 Å². The summed E-state index contributed by atoms with van der Waals surface area (Å²) < 4.78 is 0. The summed E-state index contributed by atoms with van der Waals surface area (Å²) in [5, 5.41) is 19.1. The molecule has 0 fully saturated rings. The number of rotatable bonds is 10. The second kappa shape index (κ2) is 14.8. The number of likely N-dealkylation sites (N-methyl/N-ethyl adjacent to an activating group) is 1. The summed E-state index contributed by atoms with van der Waals surface area (Å²) >= 11 is 0. The summed E-state index contributed by atoms with van der Waals surface area (Å²) in [5.41, 5.74) is 4.66. The monoisotopic (exact) mass is 534 g/mol. The van der Waals surface area contributed by atoms with Gasteiger partial charge in [-0.3, -0.25) is 19.9 Å². The predicted octanol–water partition coefficient (Wildman–Crippen LogP) is 3.02. The molecule has 0 saturated carbocycles. The van der Waals surface area contributed by atoms with Crippen molar-refractivity contribution < 1.29 is 9.59 Å². The van der Waals surface area contributed by atoms with Gasteiger partial charge in [-0.15, -0.1) is 24.8 Å². The molecule has 0 aliphatic carbocycles. The van der Waals surface area contributed by atoms with E-state index in [1.807, 2.05) is 30.1 Å². The van der Waals surface area contributed by atoms with Gasteiger partial charge in [0.05, 0.1) is 24.7 Å². The van der Waals surface area contributed by atoms with E-state index >= 15 is 0 Å². The fraction of sp³-hybridized carbons (Fsp3) is 0.423. The smallest absolute Gasteiger partial charge is 0.250 e. The molecule has 2 aromatic rings. The zero-order valence-corrected chi connectivity index (χ0v) is 22.9. The molecule has 0 atom stereocenters. The van der Waals surface area contributed by atoms with Gasteiger partial charge < -0.3 is 10.2 Å². The first-order valence-corrected chi connectivity index (χ1v) is 11.6. The Morgan fingerprint density at radius 1 is 1.06 bits per heavy atom. The summed E-state index contributed by atoms with van der Waals surface area (Å²) in [5.74, 6) is -0.217. The maximum atomic E-state index is 13.1. The standard InChI is InChI=1S/C26H34N6O2.2ClH/c1-19(2)29-11-12-32(24-10-9-21(14-27)13-20(24)3)26(34)16-28-15-25(33)30(4)31-17-22-7-5-6-8-23(22)18-31;;/h5-10,13,19,28-29H,11-12,15-18H2,1-4H3;2*1H. The molecule has 2 N–H and O–H groups in total. The van der Waals surface area contributed by atoms with Crippen LogP contribution in [0.25, 0.3) is 0 Å². The number of nitrogens with zero attached hydrogens (tertiary/aromatic N) is 4. The van der Waals surface area contributed by atoms with E-state index in [-0.39, 0.29) is 49.7 Å². The van der Waals surface area contributed by atoms with Crippen LogP contribution in [-0.4, -0.2) is 61.1 Å². The number of nitrogens with one attached hydrogen (secondary N) is 2. The number of amides is 2. The third-order valence-corrected chi connectivity index (χ3v) is 5.97. The number of halogens is 2. The molecule has 0 spiro atoms. The Morgan fingerprint density at radius 2 is 1.67 bits per heavy atom. The predicted molar refractivity (Wildman–Crippen MR) is 147 cm³/mol. The second-order valence-corrected chi connectivity index (χ2v) is 8.88. The van der Waals surface area contributed by atoms with Crippen LogP contribution in [-0.2, 0) is 22.7 Å². The molecule has 10 heteroatoms. The molecular formula is C26H36Cl2N6O2. The van der Waals surface area contributed by atoms with Gasteiger partial charge in [-0.05, 0) is 41.8 Å². The van der Waals surface area contributed by atoms with Crippen LogP contribution in [0.15, 0.2) is 42.5 Å². The van der Waals surface area contributed by atoms with E-state index in [2.05, 4.69) is 42.7 Å². The zero-order chi connectivity index (χ0) is 24.7. The average molecular weight is 536 g/mol. The molecule has 0 bridgehead atoms. The van der Waals surface area contributed by atoms with Gasteiger partial charge >= 0.3 is 0 Å². The summed E-state index contributed by atoms with van der Waals surface area (Å²) in [6.07, 6.45) is 0. The van der Waals surface area contributed by atoms with E-state index in [0.717, 1.165) is 11.3 Å².